The second-order valence-corrected chi connectivity index (χ2v) is 11.7. The van der Waals surface area contributed by atoms with Crippen LogP contribution in [0.25, 0.3) is 22.2 Å². The Kier molecular flexibility index (Phi) is 7.11. The lowest BCUT2D eigenvalue weighted by Crippen LogP contribution is -2.46. The van der Waals surface area contributed by atoms with E-state index in [0.29, 0.717) is 46.8 Å². The molecule has 1 aliphatic carbocycles. The molecule has 1 saturated carbocycles. The Bertz CT molecular complexity index is 1530. The number of nitrogens with zero attached hydrogens (tertiary/aromatic N) is 5. The van der Waals surface area contributed by atoms with E-state index in [9.17, 15) is 9.59 Å². The molecule has 1 amide bonds. The van der Waals surface area contributed by atoms with Gasteiger partial charge in [0.1, 0.15) is 16.3 Å². The summed E-state index contributed by atoms with van der Waals surface area (Å²) in [6.07, 6.45) is 3.14. The van der Waals surface area contributed by atoms with Gasteiger partial charge in [0.25, 0.3) is 0 Å². The quantitative estimate of drug-likeness (QED) is 0.296. The van der Waals surface area contributed by atoms with Gasteiger partial charge in [0.15, 0.2) is 5.13 Å². The van der Waals surface area contributed by atoms with Crippen LogP contribution in [0.3, 0.4) is 0 Å². The highest BCUT2D eigenvalue weighted by Gasteiger charge is 2.38. The molecule has 1 fully saturated rings. The smallest absolute Gasteiger partial charge is 0.350 e. The van der Waals surface area contributed by atoms with Crippen LogP contribution in [0.4, 0.5) is 10.9 Å². The summed E-state index contributed by atoms with van der Waals surface area (Å²) < 4.78 is 10.6. The SMILES string of the molecule is CCN(c1nc(C)c(C(=O)OC(C)(C)C)s1)C(=O)[C@H]1C[C@@H](Nc2nccc3ccc(-c4noc(C)n4)cc23)C1. The number of aryl methyl sites for hydroxylation is 2. The molecule has 0 saturated heterocycles. The molecule has 0 spiro atoms. The van der Waals surface area contributed by atoms with Gasteiger partial charge in [-0.15, -0.1) is 0 Å². The summed E-state index contributed by atoms with van der Waals surface area (Å²) in [5, 5.41) is 10.1. The number of amides is 1. The first-order valence-electron chi connectivity index (χ1n) is 13.0. The van der Waals surface area contributed by atoms with Crippen LogP contribution < -0.4 is 10.2 Å². The molecule has 0 unspecified atom stereocenters. The number of benzene rings is 1. The number of rotatable bonds is 7. The van der Waals surface area contributed by atoms with E-state index in [2.05, 4.69) is 25.4 Å². The topological polar surface area (TPSA) is 123 Å². The van der Waals surface area contributed by atoms with E-state index in [-0.39, 0.29) is 17.9 Å². The minimum atomic E-state index is -0.603. The number of hydrogen-bond donors (Lipinski definition) is 1. The third kappa shape index (κ3) is 5.63. The highest BCUT2D eigenvalue weighted by Crippen LogP contribution is 2.36. The molecule has 10 nitrogen and oxygen atoms in total. The lowest BCUT2D eigenvalue weighted by Gasteiger charge is -2.37. The van der Waals surface area contributed by atoms with Gasteiger partial charge >= 0.3 is 5.97 Å². The maximum atomic E-state index is 13.4. The summed E-state index contributed by atoms with van der Waals surface area (Å²) in [5.41, 5.74) is 0.815. The number of aromatic nitrogens is 4. The van der Waals surface area contributed by atoms with Gasteiger partial charge in [-0.2, -0.15) is 4.98 Å². The second-order valence-electron chi connectivity index (χ2n) is 10.7. The molecule has 3 aromatic heterocycles. The molecule has 3 heterocycles. The zero-order valence-electron chi connectivity index (χ0n) is 22.9. The summed E-state index contributed by atoms with van der Waals surface area (Å²) in [5.74, 6) is 1.27. The normalized spacial score (nSPS) is 17.1. The van der Waals surface area contributed by atoms with Crippen molar-refractivity contribution in [3.05, 3.63) is 46.9 Å². The number of thiazole rings is 1. The molecule has 0 bridgehead atoms. The molecular formula is C28H32N6O4S. The van der Waals surface area contributed by atoms with Gasteiger partial charge in [0, 0.05) is 42.6 Å². The van der Waals surface area contributed by atoms with Crippen molar-refractivity contribution < 1.29 is 18.8 Å². The molecule has 0 aliphatic heterocycles. The van der Waals surface area contributed by atoms with Crippen molar-refractivity contribution >= 4 is 44.9 Å². The van der Waals surface area contributed by atoms with Crippen molar-refractivity contribution in [1.29, 1.82) is 0 Å². The lowest BCUT2D eigenvalue weighted by molar-refractivity contribution is -0.124. The van der Waals surface area contributed by atoms with E-state index >= 15 is 0 Å². The van der Waals surface area contributed by atoms with E-state index in [1.54, 1.807) is 24.9 Å². The van der Waals surface area contributed by atoms with E-state index in [1.807, 2.05) is 52.0 Å². The minimum Gasteiger partial charge on any atom is -0.456 e. The minimum absolute atomic E-state index is 0.0145. The third-order valence-corrected chi connectivity index (χ3v) is 7.72. The molecule has 5 rings (SSSR count). The van der Waals surface area contributed by atoms with Gasteiger partial charge in [-0.1, -0.05) is 28.6 Å². The molecule has 1 N–H and O–H groups in total. The van der Waals surface area contributed by atoms with Crippen molar-refractivity contribution in [1.82, 2.24) is 20.1 Å². The Morgan fingerprint density at radius 2 is 1.95 bits per heavy atom. The monoisotopic (exact) mass is 548 g/mol. The number of pyridine rings is 1. The third-order valence-electron chi connectivity index (χ3n) is 6.56. The molecule has 39 heavy (non-hydrogen) atoms. The van der Waals surface area contributed by atoms with Crippen molar-refractivity contribution in [2.24, 2.45) is 5.92 Å². The highest BCUT2D eigenvalue weighted by molar-refractivity contribution is 7.17. The van der Waals surface area contributed by atoms with Crippen molar-refractivity contribution in [2.45, 2.75) is 66.0 Å². The molecule has 0 atom stereocenters. The Labute approximate surface area is 230 Å². The van der Waals surface area contributed by atoms with E-state index in [1.165, 1.54) is 11.3 Å². The summed E-state index contributed by atoms with van der Waals surface area (Å²) in [7, 11) is 0. The fourth-order valence-electron chi connectivity index (χ4n) is 4.59. The van der Waals surface area contributed by atoms with Crippen LogP contribution in [0.2, 0.25) is 0 Å². The Balaban J connectivity index is 1.26. The number of carbonyl (C=O) groups excluding carboxylic acids is 2. The number of hydrogen-bond acceptors (Lipinski definition) is 10. The predicted molar refractivity (Wildman–Crippen MR) is 150 cm³/mol. The van der Waals surface area contributed by atoms with Crippen LogP contribution in [0.1, 0.15) is 61.8 Å². The molecule has 11 heteroatoms. The molecule has 4 aromatic rings. The van der Waals surface area contributed by atoms with Crippen LogP contribution in [-0.2, 0) is 9.53 Å². The molecule has 204 valence electrons. The number of ether oxygens (including phenoxy) is 1. The van der Waals surface area contributed by atoms with E-state index in [0.717, 1.165) is 22.2 Å². The Morgan fingerprint density at radius 1 is 1.18 bits per heavy atom. The van der Waals surface area contributed by atoms with Crippen molar-refractivity contribution in [2.75, 3.05) is 16.8 Å². The average molecular weight is 549 g/mol. The molecular weight excluding hydrogens is 516 g/mol. The van der Waals surface area contributed by atoms with Gasteiger partial charge in [-0.25, -0.2) is 14.8 Å². The first-order valence-corrected chi connectivity index (χ1v) is 13.8. The van der Waals surface area contributed by atoms with Gasteiger partial charge in [0.05, 0.1) is 5.69 Å². The fourth-order valence-corrected chi connectivity index (χ4v) is 5.60. The van der Waals surface area contributed by atoms with Crippen molar-refractivity contribution in [3.63, 3.8) is 0 Å². The first-order chi connectivity index (χ1) is 18.5. The highest BCUT2D eigenvalue weighted by atomic mass is 32.1. The van der Waals surface area contributed by atoms with Gasteiger partial charge < -0.3 is 14.6 Å². The maximum Gasteiger partial charge on any atom is 0.350 e. The summed E-state index contributed by atoms with van der Waals surface area (Å²) in [6.45, 7) is 11.4. The second kappa shape index (κ2) is 10.4. The summed E-state index contributed by atoms with van der Waals surface area (Å²) in [4.78, 5) is 41.5. The largest absolute Gasteiger partial charge is 0.456 e. The lowest BCUT2D eigenvalue weighted by atomic mass is 9.79. The van der Waals surface area contributed by atoms with Crippen LogP contribution in [0, 0.1) is 19.8 Å². The zero-order chi connectivity index (χ0) is 27.9. The van der Waals surface area contributed by atoms with Gasteiger partial charge in [-0.05, 0) is 65.0 Å². The van der Waals surface area contributed by atoms with Crippen LogP contribution in [0.5, 0.6) is 0 Å². The summed E-state index contributed by atoms with van der Waals surface area (Å²) >= 11 is 1.20. The number of anilines is 2. The molecule has 1 aliphatic rings. The summed E-state index contributed by atoms with van der Waals surface area (Å²) in [6, 6.07) is 8.04. The van der Waals surface area contributed by atoms with Crippen LogP contribution in [-0.4, -0.2) is 50.2 Å². The number of nitrogens with one attached hydrogen (secondary N) is 1. The van der Waals surface area contributed by atoms with Crippen LogP contribution >= 0.6 is 11.3 Å². The predicted octanol–water partition coefficient (Wildman–Crippen LogP) is 5.56. The zero-order valence-corrected chi connectivity index (χ0v) is 23.8. The molecule has 1 aromatic carbocycles. The number of fused-ring (bicyclic) bond motifs is 1. The maximum absolute atomic E-state index is 13.4. The fraction of sp³-hybridized carbons (Fsp3) is 0.429. The van der Waals surface area contributed by atoms with E-state index < -0.39 is 11.6 Å². The number of esters is 1. The molecule has 0 radical (unpaired) electrons. The van der Waals surface area contributed by atoms with Gasteiger partial charge in [0.2, 0.25) is 17.6 Å². The Morgan fingerprint density at radius 3 is 2.62 bits per heavy atom. The van der Waals surface area contributed by atoms with Gasteiger partial charge in [-0.3, -0.25) is 9.69 Å². The van der Waals surface area contributed by atoms with Crippen LogP contribution in [0.15, 0.2) is 35.0 Å². The Hall–Kier alpha value is -3.86. The van der Waals surface area contributed by atoms with E-state index in [4.69, 9.17) is 9.26 Å². The van der Waals surface area contributed by atoms with Crippen molar-refractivity contribution in [3.8, 4) is 11.4 Å². The first kappa shape index (κ1) is 26.7. The number of carbonyl (C=O) groups is 2. The average Bonchev–Trinajstić information content (AvgIpc) is 3.45. The standard InChI is InChI=1S/C28H32N6O4S/c1-7-34(27-30-15(2)22(39-27)26(36)37-28(4,5)6)25(35)19-12-20(13-19)32-24-21-14-18(23-31-16(3)38-33-23)9-8-17(21)10-11-29-24/h8-11,14,19-20H,7,12-13H2,1-6H3,(H,29,32)/t19-,20+.